The number of halogens is 1. The second kappa shape index (κ2) is 9.85. The minimum Gasteiger partial charge on any atom is -0.439 e. The van der Waals surface area contributed by atoms with Gasteiger partial charge in [-0.2, -0.15) is 4.98 Å². The lowest BCUT2D eigenvalue weighted by molar-refractivity contribution is -0.0704. The molecule has 4 rings (SSSR count). The third-order valence-corrected chi connectivity index (χ3v) is 5.04. The van der Waals surface area contributed by atoms with E-state index in [1.807, 2.05) is 0 Å². The van der Waals surface area contributed by atoms with Gasteiger partial charge in [-0.3, -0.25) is 4.90 Å². The van der Waals surface area contributed by atoms with Gasteiger partial charge in [0.1, 0.15) is 11.6 Å². The summed E-state index contributed by atoms with van der Waals surface area (Å²) in [5, 5.41) is 3.22. The summed E-state index contributed by atoms with van der Waals surface area (Å²) >= 11 is 0. The predicted octanol–water partition coefficient (Wildman–Crippen LogP) is 4.63. The molecule has 2 heterocycles. The van der Waals surface area contributed by atoms with E-state index in [0.29, 0.717) is 24.1 Å². The molecule has 1 aromatic heterocycles. The Kier molecular flexibility index (Phi) is 6.74. The van der Waals surface area contributed by atoms with Crippen LogP contribution in [-0.2, 0) is 17.8 Å². The lowest BCUT2D eigenvalue weighted by Gasteiger charge is -2.35. The first-order valence-corrected chi connectivity index (χ1v) is 10.5. The number of nitrogens with zero attached hydrogens (tertiary/aromatic N) is 3. The van der Waals surface area contributed by atoms with Crippen LogP contribution in [0.4, 0.5) is 10.3 Å². The quantitative estimate of drug-likeness (QED) is 0.599. The van der Waals surface area contributed by atoms with Crippen molar-refractivity contribution in [3.63, 3.8) is 0 Å². The average molecular weight is 423 g/mol. The number of morpholine rings is 1. The van der Waals surface area contributed by atoms with Crippen LogP contribution in [0, 0.1) is 5.82 Å². The Morgan fingerprint density at radius 3 is 2.39 bits per heavy atom. The van der Waals surface area contributed by atoms with Crippen molar-refractivity contribution >= 4 is 5.95 Å². The van der Waals surface area contributed by atoms with Crippen LogP contribution in [0.1, 0.15) is 25.0 Å². The zero-order valence-electron chi connectivity index (χ0n) is 17.8. The molecule has 1 N–H and O–H groups in total. The van der Waals surface area contributed by atoms with E-state index in [4.69, 9.17) is 9.47 Å². The summed E-state index contributed by atoms with van der Waals surface area (Å²) in [6.45, 7) is 7.70. The second-order valence-corrected chi connectivity index (χ2v) is 7.90. The number of hydrogen-bond donors (Lipinski definition) is 1. The molecular weight excluding hydrogens is 395 g/mol. The third kappa shape index (κ3) is 6.23. The molecule has 0 bridgehead atoms. The summed E-state index contributed by atoms with van der Waals surface area (Å²) < 4.78 is 24.5. The third-order valence-electron chi connectivity index (χ3n) is 5.04. The van der Waals surface area contributed by atoms with Crippen molar-refractivity contribution in [1.29, 1.82) is 0 Å². The Balaban J connectivity index is 1.30. The van der Waals surface area contributed by atoms with Crippen LogP contribution in [0.5, 0.6) is 11.6 Å². The Morgan fingerprint density at radius 2 is 1.68 bits per heavy atom. The molecule has 0 saturated carbocycles. The van der Waals surface area contributed by atoms with Crippen molar-refractivity contribution in [3.8, 4) is 11.6 Å². The van der Waals surface area contributed by atoms with Gasteiger partial charge in [-0.05, 0) is 49.2 Å². The first-order chi connectivity index (χ1) is 15.0. The molecule has 6 nitrogen and oxygen atoms in total. The van der Waals surface area contributed by atoms with Crippen molar-refractivity contribution in [3.05, 3.63) is 77.7 Å². The number of aromatic nitrogens is 2. The van der Waals surface area contributed by atoms with Crippen LogP contribution >= 0.6 is 0 Å². The van der Waals surface area contributed by atoms with Gasteiger partial charge in [-0.1, -0.05) is 24.3 Å². The van der Waals surface area contributed by atoms with E-state index in [2.05, 4.69) is 58.3 Å². The molecule has 2 atom stereocenters. The van der Waals surface area contributed by atoms with Gasteiger partial charge in [0.25, 0.3) is 0 Å². The van der Waals surface area contributed by atoms with Crippen molar-refractivity contribution in [2.24, 2.45) is 0 Å². The second-order valence-electron chi connectivity index (χ2n) is 7.90. The molecule has 1 aliphatic heterocycles. The highest BCUT2D eigenvalue weighted by molar-refractivity contribution is 5.33. The highest BCUT2D eigenvalue weighted by Crippen LogP contribution is 2.20. The van der Waals surface area contributed by atoms with Crippen LogP contribution in [0.3, 0.4) is 0 Å². The standard InChI is InChI=1S/C24H27FN4O2/c1-17-14-29(15-18(2)30-17)16-20-5-3-19(4-6-20)13-27-24-26-12-11-23(28-24)31-22-9-7-21(25)8-10-22/h3-12,17-18H,13-16H2,1-2H3,(H,26,27,28). The lowest BCUT2D eigenvalue weighted by Crippen LogP contribution is -2.44. The molecule has 2 unspecified atom stereocenters. The molecule has 1 saturated heterocycles. The lowest BCUT2D eigenvalue weighted by atomic mass is 10.1. The van der Waals surface area contributed by atoms with Crippen LogP contribution < -0.4 is 10.1 Å². The average Bonchev–Trinajstić information content (AvgIpc) is 2.75. The Hall–Kier alpha value is -3.03. The summed E-state index contributed by atoms with van der Waals surface area (Å²) in [6.07, 6.45) is 2.17. The first-order valence-electron chi connectivity index (χ1n) is 10.5. The zero-order valence-corrected chi connectivity index (χ0v) is 17.8. The highest BCUT2D eigenvalue weighted by Gasteiger charge is 2.21. The van der Waals surface area contributed by atoms with E-state index >= 15 is 0 Å². The molecule has 0 spiro atoms. The van der Waals surface area contributed by atoms with Crippen molar-refractivity contribution in [2.75, 3.05) is 18.4 Å². The molecule has 1 fully saturated rings. The summed E-state index contributed by atoms with van der Waals surface area (Å²) in [6, 6.07) is 16.0. The maximum Gasteiger partial charge on any atom is 0.226 e. The number of nitrogens with one attached hydrogen (secondary N) is 1. The molecule has 3 aromatic rings. The first kappa shape index (κ1) is 21.2. The Bertz CT molecular complexity index is 972. The number of rotatable bonds is 7. The van der Waals surface area contributed by atoms with E-state index in [-0.39, 0.29) is 18.0 Å². The summed E-state index contributed by atoms with van der Waals surface area (Å²) in [7, 11) is 0. The molecule has 1 aliphatic rings. The van der Waals surface area contributed by atoms with E-state index in [1.54, 1.807) is 24.4 Å². The molecule has 162 valence electrons. The van der Waals surface area contributed by atoms with Crippen LogP contribution in [-0.4, -0.2) is 40.2 Å². The number of benzene rings is 2. The normalized spacial score (nSPS) is 19.2. The van der Waals surface area contributed by atoms with Crippen molar-refractivity contribution < 1.29 is 13.9 Å². The van der Waals surface area contributed by atoms with Gasteiger partial charge >= 0.3 is 0 Å². The summed E-state index contributed by atoms with van der Waals surface area (Å²) in [5.41, 5.74) is 2.43. The van der Waals surface area contributed by atoms with Crippen molar-refractivity contribution in [1.82, 2.24) is 14.9 Å². The minimum atomic E-state index is -0.308. The predicted molar refractivity (Wildman–Crippen MR) is 118 cm³/mol. The van der Waals surface area contributed by atoms with Gasteiger partial charge < -0.3 is 14.8 Å². The van der Waals surface area contributed by atoms with Crippen LogP contribution in [0.25, 0.3) is 0 Å². The number of anilines is 1. The monoisotopic (exact) mass is 422 g/mol. The fourth-order valence-corrected chi connectivity index (χ4v) is 3.72. The van der Waals surface area contributed by atoms with Crippen molar-refractivity contribution in [2.45, 2.75) is 39.1 Å². The largest absolute Gasteiger partial charge is 0.439 e. The molecule has 2 aromatic carbocycles. The SMILES string of the molecule is CC1CN(Cc2ccc(CNc3nccc(Oc4ccc(F)cc4)n3)cc2)CC(C)O1. The van der Waals surface area contributed by atoms with Gasteiger partial charge in [0.2, 0.25) is 11.8 Å². The smallest absolute Gasteiger partial charge is 0.226 e. The highest BCUT2D eigenvalue weighted by atomic mass is 19.1. The Morgan fingerprint density at radius 1 is 1.00 bits per heavy atom. The van der Waals surface area contributed by atoms with Gasteiger partial charge in [-0.15, -0.1) is 0 Å². The fourth-order valence-electron chi connectivity index (χ4n) is 3.72. The maximum atomic E-state index is 13.0. The van der Waals surface area contributed by atoms with Crippen LogP contribution in [0.2, 0.25) is 0 Å². The molecule has 31 heavy (non-hydrogen) atoms. The van der Waals surface area contributed by atoms with Gasteiger partial charge in [0.05, 0.1) is 12.2 Å². The van der Waals surface area contributed by atoms with E-state index < -0.39 is 0 Å². The molecule has 0 aliphatic carbocycles. The summed E-state index contributed by atoms with van der Waals surface area (Å²) in [4.78, 5) is 11.0. The minimum absolute atomic E-state index is 0.273. The zero-order chi connectivity index (χ0) is 21.6. The van der Waals surface area contributed by atoms with E-state index in [9.17, 15) is 4.39 Å². The maximum absolute atomic E-state index is 13.0. The molecule has 0 amide bonds. The van der Waals surface area contributed by atoms with Crippen LogP contribution in [0.15, 0.2) is 60.8 Å². The summed E-state index contributed by atoms with van der Waals surface area (Å²) in [5.74, 6) is 1.08. The molecule has 0 radical (unpaired) electrons. The number of ether oxygens (including phenoxy) is 2. The topological polar surface area (TPSA) is 59.5 Å². The van der Waals surface area contributed by atoms with Gasteiger partial charge in [-0.25, -0.2) is 9.37 Å². The molecule has 7 heteroatoms. The fraction of sp³-hybridized carbons (Fsp3) is 0.333. The van der Waals surface area contributed by atoms with Gasteiger partial charge in [0, 0.05) is 38.4 Å². The number of hydrogen-bond acceptors (Lipinski definition) is 6. The van der Waals surface area contributed by atoms with E-state index in [1.165, 1.54) is 17.7 Å². The van der Waals surface area contributed by atoms with E-state index in [0.717, 1.165) is 25.2 Å². The Labute approximate surface area is 182 Å². The van der Waals surface area contributed by atoms with Gasteiger partial charge in [0.15, 0.2) is 0 Å². The molecular formula is C24H27FN4O2.